The molecule has 34 heavy (non-hydrogen) atoms. The number of hydrazone groups is 1. The van der Waals surface area contributed by atoms with Gasteiger partial charge in [-0.3, -0.25) is 25.0 Å². The highest BCUT2D eigenvalue weighted by atomic mass is 79.9. The van der Waals surface area contributed by atoms with Gasteiger partial charge in [-0.05, 0) is 61.7 Å². The van der Waals surface area contributed by atoms with Crippen molar-refractivity contribution in [3.05, 3.63) is 107 Å². The summed E-state index contributed by atoms with van der Waals surface area (Å²) in [5.74, 6) is -1.40. The molecule has 0 heterocycles. The van der Waals surface area contributed by atoms with Crippen molar-refractivity contribution < 1.29 is 24.2 Å². The third-order valence-electron chi connectivity index (χ3n) is 4.19. The number of nitrogens with one attached hydrogen (secondary N) is 1. The molecule has 0 aromatic heterocycles. The third kappa shape index (κ3) is 6.08. The summed E-state index contributed by atoms with van der Waals surface area (Å²) in [4.78, 5) is 45.0. The van der Waals surface area contributed by atoms with Gasteiger partial charge in [0.05, 0.1) is 36.6 Å². The van der Waals surface area contributed by atoms with Crippen molar-refractivity contribution in [2.45, 2.75) is 0 Å². The van der Waals surface area contributed by atoms with E-state index in [-0.39, 0.29) is 11.3 Å². The lowest BCUT2D eigenvalue weighted by molar-refractivity contribution is -0.394. The summed E-state index contributed by atoms with van der Waals surface area (Å²) in [6, 6.07) is 14.1. The van der Waals surface area contributed by atoms with Crippen LogP contribution in [0.3, 0.4) is 0 Å². The second-order valence-corrected chi connectivity index (χ2v) is 8.23. The zero-order valence-electron chi connectivity index (χ0n) is 16.8. The molecule has 0 fully saturated rings. The number of esters is 1. The van der Waals surface area contributed by atoms with Gasteiger partial charge in [-0.1, -0.05) is 18.2 Å². The molecule has 0 saturated heterocycles. The number of ether oxygens (including phenoxy) is 1. The van der Waals surface area contributed by atoms with Crippen LogP contribution in [0.5, 0.6) is 5.75 Å². The molecule has 172 valence electrons. The van der Waals surface area contributed by atoms with Gasteiger partial charge in [-0.2, -0.15) is 5.10 Å². The van der Waals surface area contributed by atoms with Gasteiger partial charge < -0.3 is 4.74 Å². The van der Waals surface area contributed by atoms with E-state index in [4.69, 9.17) is 4.74 Å². The van der Waals surface area contributed by atoms with Gasteiger partial charge in [0.25, 0.3) is 17.3 Å². The molecule has 0 saturated carbocycles. The summed E-state index contributed by atoms with van der Waals surface area (Å²) in [5, 5.41) is 26.0. The Kier molecular flexibility index (Phi) is 7.81. The molecule has 0 bridgehead atoms. The quantitative estimate of drug-likeness (QED) is 0.133. The number of nitro benzene ring substituents is 2. The molecule has 0 aliphatic rings. The van der Waals surface area contributed by atoms with Gasteiger partial charge in [0.2, 0.25) is 0 Å². The molecule has 3 rings (SSSR count). The van der Waals surface area contributed by atoms with Crippen LogP contribution in [0.15, 0.2) is 74.7 Å². The van der Waals surface area contributed by atoms with E-state index in [0.29, 0.717) is 20.1 Å². The van der Waals surface area contributed by atoms with Crippen LogP contribution in [0.2, 0.25) is 0 Å². The number of nitro groups is 2. The minimum atomic E-state index is -1.04. The fourth-order valence-corrected chi connectivity index (χ4v) is 4.03. The first-order valence-electron chi connectivity index (χ1n) is 9.19. The lowest BCUT2D eigenvalue weighted by Crippen LogP contribution is -2.17. The molecular weight excluding hydrogens is 580 g/mol. The summed E-state index contributed by atoms with van der Waals surface area (Å²) in [7, 11) is 0. The average molecular weight is 592 g/mol. The zero-order valence-corrected chi connectivity index (χ0v) is 20.0. The molecule has 0 atom stereocenters. The van der Waals surface area contributed by atoms with Crippen molar-refractivity contribution in [3.8, 4) is 5.75 Å². The first kappa shape index (κ1) is 24.7. The van der Waals surface area contributed by atoms with Crippen molar-refractivity contribution in [1.29, 1.82) is 0 Å². The second kappa shape index (κ2) is 10.8. The predicted molar refractivity (Wildman–Crippen MR) is 128 cm³/mol. The zero-order chi connectivity index (χ0) is 24.8. The predicted octanol–water partition coefficient (Wildman–Crippen LogP) is 5.01. The summed E-state index contributed by atoms with van der Waals surface area (Å²) < 4.78 is 5.92. The number of rotatable bonds is 7. The van der Waals surface area contributed by atoms with Crippen LogP contribution >= 0.6 is 31.9 Å². The SMILES string of the molecule is O=C(N/N=C/c1cc(Br)c(OC(=O)c2cc([N+](=O)[O-])cc([N+](=O)[O-])c2)c(Br)c1)c1ccccc1. The third-order valence-corrected chi connectivity index (χ3v) is 5.37. The Morgan fingerprint density at radius 1 is 0.882 bits per heavy atom. The topological polar surface area (TPSA) is 154 Å². The van der Waals surface area contributed by atoms with E-state index in [2.05, 4.69) is 42.4 Å². The van der Waals surface area contributed by atoms with Crippen LogP contribution in [0.25, 0.3) is 0 Å². The van der Waals surface area contributed by atoms with E-state index >= 15 is 0 Å². The fraction of sp³-hybridized carbons (Fsp3) is 0. The lowest BCUT2D eigenvalue weighted by atomic mass is 10.1. The number of amides is 1. The number of nitrogens with zero attached hydrogens (tertiary/aromatic N) is 3. The Labute approximate surface area is 208 Å². The smallest absolute Gasteiger partial charge is 0.344 e. The number of halogens is 2. The molecule has 0 aliphatic heterocycles. The van der Waals surface area contributed by atoms with Crippen LogP contribution < -0.4 is 10.2 Å². The van der Waals surface area contributed by atoms with Gasteiger partial charge >= 0.3 is 5.97 Å². The monoisotopic (exact) mass is 590 g/mol. The number of benzene rings is 3. The first-order chi connectivity index (χ1) is 16.2. The summed E-state index contributed by atoms with van der Waals surface area (Å²) >= 11 is 6.52. The first-order valence-corrected chi connectivity index (χ1v) is 10.8. The Hall–Kier alpha value is -3.97. The maximum Gasteiger partial charge on any atom is 0.344 e. The van der Waals surface area contributed by atoms with Crippen LogP contribution in [0, 0.1) is 20.2 Å². The fourth-order valence-electron chi connectivity index (χ4n) is 2.65. The molecule has 11 nitrogen and oxygen atoms in total. The minimum absolute atomic E-state index is 0.0321. The molecule has 3 aromatic rings. The van der Waals surface area contributed by atoms with Crippen molar-refractivity contribution in [2.24, 2.45) is 5.10 Å². The van der Waals surface area contributed by atoms with E-state index in [1.54, 1.807) is 42.5 Å². The molecule has 1 N–H and O–H groups in total. The molecule has 0 spiro atoms. The van der Waals surface area contributed by atoms with Crippen molar-refractivity contribution in [3.63, 3.8) is 0 Å². The standard InChI is InChI=1S/C21H12Br2N4O7/c22-17-6-12(11-24-25-20(28)13-4-2-1-3-5-13)7-18(23)19(17)34-21(29)14-8-15(26(30)31)10-16(9-14)27(32)33/h1-11H,(H,25,28)/b24-11+. The summed E-state index contributed by atoms with van der Waals surface area (Å²) in [5.41, 5.74) is 1.74. The van der Waals surface area contributed by atoms with Crippen LogP contribution in [0.1, 0.15) is 26.3 Å². The van der Waals surface area contributed by atoms with Gasteiger partial charge in [0.15, 0.2) is 5.75 Å². The lowest BCUT2D eigenvalue weighted by Gasteiger charge is -2.10. The van der Waals surface area contributed by atoms with Crippen LogP contribution in [0.4, 0.5) is 11.4 Å². The number of carbonyl (C=O) groups is 2. The molecule has 0 unspecified atom stereocenters. The van der Waals surface area contributed by atoms with Gasteiger partial charge in [0, 0.05) is 17.7 Å². The van der Waals surface area contributed by atoms with Crippen LogP contribution in [-0.2, 0) is 0 Å². The maximum absolute atomic E-state index is 12.6. The number of hydrogen-bond acceptors (Lipinski definition) is 8. The highest BCUT2D eigenvalue weighted by molar-refractivity contribution is 9.11. The summed E-state index contributed by atoms with van der Waals surface area (Å²) in [6.45, 7) is 0. The number of hydrogen-bond donors (Lipinski definition) is 1. The highest BCUT2D eigenvalue weighted by Gasteiger charge is 2.22. The van der Waals surface area contributed by atoms with Gasteiger partial charge in [-0.15, -0.1) is 0 Å². The Morgan fingerprint density at radius 3 is 1.97 bits per heavy atom. The highest BCUT2D eigenvalue weighted by Crippen LogP contribution is 2.35. The van der Waals surface area contributed by atoms with Crippen LogP contribution in [-0.4, -0.2) is 27.9 Å². The second-order valence-electron chi connectivity index (χ2n) is 6.52. The molecule has 3 aromatic carbocycles. The van der Waals surface area contributed by atoms with Crippen molar-refractivity contribution >= 4 is 61.3 Å². The van der Waals surface area contributed by atoms with E-state index in [1.165, 1.54) is 6.21 Å². The van der Waals surface area contributed by atoms with E-state index in [1.807, 2.05) is 0 Å². The average Bonchev–Trinajstić information content (AvgIpc) is 2.81. The normalized spacial score (nSPS) is 10.6. The Bertz CT molecular complexity index is 1270. The largest absolute Gasteiger partial charge is 0.420 e. The summed E-state index contributed by atoms with van der Waals surface area (Å²) in [6.07, 6.45) is 1.37. The van der Waals surface area contributed by atoms with Gasteiger partial charge in [0.1, 0.15) is 0 Å². The maximum atomic E-state index is 12.6. The van der Waals surface area contributed by atoms with E-state index in [9.17, 15) is 29.8 Å². The molecule has 0 aliphatic carbocycles. The Balaban J connectivity index is 1.78. The Morgan fingerprint density at radius 2 is 1.44 bits per heavy atom. The van der Waals surface area contributed by atoms with E-state index in [0.717, 1.165) is 18.2 Å². The van der Waals surface area contributed by atoms with Crippen molar-refractivity contribution in [2.75, 3.05) is 0 Å². The minimum Gasteiger partial charge on any atom is -0.420 e. The molecule has 1 amide bonds. The number of carbonyl (C=O) groups excluding carboxylic acids is 2. The van der Waals surface area contributed by atoms with E-state index < -0.39 is 33.1 Å². The van der Waals surface area contributed by atoms with Crippen molar-refractivity contribution in [1.82, 2.24) is 5.43 Å². The molecule has 13 heteroatoms. The molecular formula is C21H12Br2N4O7. The molecule has 0 radical (unpaired) electrons. The number of non-ortho nitro benzene ring substituents is 2. The van der Waals surface area contributed by atoms with Gasteiger partial charge in [-0.25, -0.2) is 10.2 Å².